The van der Waals surface area contributed by atoms with E-state index in [0.29, 0.717) is 5.56 Å². The minimum absolute atomic E-state index is 0.106. The lowest BCUT2D eigenvalue weighted by Gasteiger charge is -2.21. The van der Waals surface area contributed by atoms with Gasteiger partial charge in [-0.15, -0.1) is 0 Å². The minimum Gasteiger partial charge on any atom is -0.504 e. The molecule has 0 aliphatic heterocycles. The number of carbonyl (C=O) groups excluding carboxylic acids is 2. The van der Waals surface area contributed by atoms with Crippen LogP contribution in [-0.2, 0) is 16.0 Å². The van der Waals surface area contributed by atoms with Crippen LogP contribution in [0.1, 0.15) is 35.0 Å². The number of aromatic nitrogens is 1. The van der Waals surface area contributed by atoms with E-state index in [1.54, 1.807) is 19.2 Å². The summed E-state index contributed by atoms with van der Waals surface area (Å²) in [4.78, 5) is 41.5. The molecule has 38 heavy (non-hydrogen) atoms. The zero-order chi connectivity index (χ0) is 27.4. The predicted molar refractivity (Wildman–Crippen MR) is 140 cm³/mol. The number of fused-ring (bicyclic) bond motifs is 1. The maximum absolute atomic E-state index is 13.3. The fourth-order valence-electron chi connectivity index (χ4n) is 4.48. The van der Waals surface area contributed by atoms with E-state index < -0.39 is 29.0 Å². The van der Waals surface area contributed by atoms with Crippen LogP contribution < -0.4 is 20.8 Å². The number of nitrogens with one attached hydrogen (secondary N) is 3. The number of phenols is 1. The molecule has 0 fully saturated rings. The molecule has 0 saturated heterocycles. The molecule has 0 aliphatic rings. The summed E-state index contributed by atoms with van der Waals surface area (Å²) in [6, 6.07) is 12.3. The van der Waals surface area contributed by atoms with Gasteiger partial charge < -0.3 is 35.0 Å². The summed E-state index contributed by atoms with van der Waals surface area (Å²) in [7, 11) is 2.87. The standard InChI is InChI=1S/C28H29N3O7/c1-15-10-23(33)26(35)27(38-15)19(16-8-9-22(32)24(12-16)37-3)13-25(34)31-21(28(36)29-2)11-17-14-30-20-7-5-4-6-18(17)20/h4-10,12,14,19,21,30,32,35H,11,13H2,1-3H3,(H,29,36)(H,31,34)/t19-,21-/m1/s1. The van der Waals surface area contributed by atoms with E-state index in [1.807, 2.05) is 24.3 Å². The lowest BCUT2D eigenvalue weighted by atomic mass is 9.91. The van der Waals surface area contributed by atoms with Gasteiger partial charge in [-0.2, -0.15) is 0 Å². The molecule has 0 saturated carbocycles. The van der Waals surface area contributed by atoms with Gasteiger partial charge in [-0.1, -0.05) is 24.3 Å². The van der Waals surface area contributed by atoms with Crippen LogP contribution in [0.2, 0.25) is 0 Å². The summed E-state index contributed by atoms with van der Waals surface area (Å²) < 4.78 is 10.9. The molecule has 0 spiro atoms. The third-order valence-corrected chi connectivity index (χ3v) is 6.38. The van der Waals surface area contributed by atoms with E-state index in [0.717, 1.165) is 22.5 Å². The number of benzene rings is 2. The maximum Gasteiger partial charge on any atom is 0.242 e. The summed E-state index contributed by atoms with van der Waals surface area (Å²) in [6.07, 6.45) is 1.77. The summed E-state index contributed by atoms with van der Waals surface area (Å²) in [5.41, 5.74) is 1.57. The van der Waals surface area contributed by atoms with Crippen molar-refractivity contribution in [1.82, 2.24) is 15.6 Å². The number of H-pyrrole nitrogens is 1. The monoisotopic (exact) mass is 519 g/mol. The van der Waals surface area contributed by atoms with Gasteiger partial charge in [-0.25, -0.2) is 0 Å². The quantitative estimate of drug-likeness (QED) is 0.228. The average molecular weight is 520 g/mol. The molecule has 10 nitrogen and oxygen atoms in total. The molecule has 0 aliphatic carbocycles. The van der Waals surface area contributed by atoms with Crippen molar-refractivity contribution in [3.63, 3.8) is 0 Å². The van der Waals surface area contributed by atoms with Gasteiger partial charge in [0.1, 0.15) is 11.8 Å². The van der Waals surface area contributed by atoms with Crippen molar-refractivity contribution in [1.29, 1.82) is 0 Å². The highest BCUT2D eigenvalue weighted by atomic mass is 16.5. The first-order chi connectivity index (χ1) is 18.2. The van der Waals surface area contributed by atoms with Gasteiger partial charge >= 0.3 is 0 Å². The molecular formula is C28H29N3O7. The van der Waals surface area contributed by atoms with Gasteiger partial charge in [0.15, 0.2) is 17.3 Å². The van der Waals surface area contributed by atoms with Gasteiger partial charge in [0, 0.05) is 43.1 Å². The molecule has 2 heterocycles. The van der Waals surface area contributed by atoms with Crippen molar-refractivity contribution in [2.24, 2.45) is 0 Å². The normalized spacial score (nSPS) is 12.6. The van der Waals surface area contributed by atoms with Gasteiger partial charge in [0.2, 0.25) is 23.0 Å². The second-order valence-corrected chi connectivity index (χ2v) is 8.92. The van der Waals surface area contributed by atoms with Crippen LogP contribution in [0.3, 0.4) is 0 Å². The summed E-state index contributed by atoms with van der Waals surface area (Å²) in [5, 5.41) is 26.9. The second kappa shape index (κ2) is 11.1. The summed E-state index contributed by atoms with van der Waals surface area (Å²) >= 11 is 0. The summed E-state index contributed by atoms with van der Waals surface area (Å²) in [5.74, 6) is -2.27. The van der Waals surface area contributed by atoms with E-state index in [9.17, 15) is 24.6 Å². The number of hydrogen-bond acceptors (Lipinski definition) is 7. The zero-order valence-electron chi connectivity index (χ0n) is 21.2. The number of likely N-dealkylation sites (N-methyl/N-ethyl adjacent to an activating group) is 1. The highest BCUT2D eigenvalue weighted by Gasteiger charge is 2.29. The molecule has 4 rings (SSSR count). The first-order valence-electron chi connectivity index (χ1n) is 12.0. The predicted octanol–water partition coefficient (Wildman–Crippen LogP) is 2.84. The van der Waals surface area contributed by atoms with Crippen LogP contribution in [0.4, 0.5) is 0 Å². The minimum atomic E-state index is -0.921. The lowest BCUT2D eigenvalue weighted by molar-refractivity contribution is -0.128. The molecule has 0 unspecified atom stereocenters. The first kappa shape index (κ1) is 26.3. The van der Waals surface area contributed by atoms with Crippen molar-refractivity contribution in [2.75, 3.05) is 14.2 Å². The topological polar surface area (TPSA) is 154 Å². The van der Waals surface area contributed by atoms with E-state index in [-0.39, 0.29) is 41.8 Å². The lowest BCUT2D eigenvalue weighted by Crippen LogP contribution is -2.47. The molecule has 198 valence electrons. The molecule has 2 aromatic carbocycles. The zero-order valence-corrected chi connectivity index (χ0v) is 21.2. The Bertz CT molecular complexity index is 1540. The molecule has 10 heteroatoms. The molecule has 4 aromatic rings. The smallest absolute Gasteiger partial charge is 0.242 e. The van der Waals surface area contributed by atoms with Gasteiger partial charge in [-0.05, 0) is 36.2 Å². The number of hydrogen-bond donors (Lipinski definition) is 5. The number of amides is 2. The number of aromatic hydroxyl groups is 2. The first-order valence-corrected chi connectivity index (χ1v) is 12.0. The van der Waals surface area contributed by atoms with Crippen molar-refractivity contribution in [3.8, 4) is 17.2 Å². The van der Waals surface area contributed by atoms with E-state index in [1.165, 1.54) is 26.3 Å². The number of para-hydroxylation sites is 1. The number of phenolic OH excluding ortho intramolecular Hbond substituents is 1. The SMILES string of the molecule is CNC(=O)[C@@H](Cc1c[nH]c2ccccc12)NC(=O)C[C@H](c1ccc(O)c(OC)c1)c1oc(C)cc(=O)c1O. The molecule has 2 atom stereocenters. The number of carbonyl (C=O) groups is 2. The van der Waals surface area contributed by atoms with Gasteiger partial charge in [0.25, 0.3) is 0 Å². The van der Waals surface area contributed by atoms with Gasteiger partial charge in [0.05, 0.1) is 13.0 Å². The van der Waals surface area contributed by atoms with E-state index in [2.05, 4.69) is 15.6 Å². The average Bonchev–Trinajstić information content (AvgIpc) is 3.31. The number of ether oxygens (including phenoxy) is 1. The van der Waals surface area contributed by atoms with Crippen LogP contribution >= 0.6 is 0 Å². The highest BCUT2D eigenvalue weighted by molar-refractivity contribution is 5.89. The fraction of sp³-hybridized carbons (Fsp3) is 0.250. The number of methoxy groups -OCH3 is 1. The second-order valence-electron chi connectivity index (χ2n) is 8.92. The molecule has 5 N–H and O–H groups in total. The molecule has 0 bridgehead atoms. The molecule has 0 radical (unpaired) electrons. The van der Waals surface area contributed by atoms with Crippen molar-refractivity contribution in [2.45, 2.75) is 31.7 Å². The fourth-order valence-corrected chi connectivity index (χ4v) is 4.48. The highest BCUT2D eigenvalue weighted by Crippen LogP contribution is 2.37. The number of aryl methyl sites for hydroxylation is 1. The Kier molecular flexibility index (Phi) is 7.71. The van der Waals surface area contributed by atoms with Crippen LogP contribution in [0.15, 0.2) is 63.9 Å². The Morgan fingerprint density at radius 3 is 2.63 bits per heavy atom. The Morgan fingerprint density at radius 1 is 1.13 bits per heavy atom. The van der Waals surface area contributed by atoms with Crippen LogP contribution in [0, 0.1) is 6.92 Å². The van der Waals surface area contributed by atoms with Crippen LogP contribution in [0.25, 0.3) is 10.9 Å². The van der Waals surface area contributed by atoms with Gasteiger partial charge in [-0.3, -0.25) is 14.4 Å². The Balaban J connectivity index is 1.66. The Morgan fingerprint density at radius 2 is 1.89 bits per heavy atom. The number of rotatable bonds is 9. The number of aromatic amines is 1. The summed E-state index contributed by atoms with van der Waals surface area (Å²) in [6.45, 7) is 1.56. The maximum atomic E-state index is 13.3. The Hall–Kier alpha value is -4.73. The van der Waals surface area contributed by atoms with Crippen molar-refractivity contribution in [3.05, 3.63) is 87.6 Å². The van der Waals surface area contributed by atoms with Crippen molar-refractivity contribution < 1.29 is 29.0 Å². The van der Waals surface area contributed by atoms with E-state index in [4.69, 9.17) is 9.15 Å². The third kappa shape index (κ3) is 5.49. The largest absolute Gasteiger partial charge is 0.504 e. The Labute approximate surface area is 218 Å². The van der Waals surface area contributed by atoms with Crippen LogP contribution in [0.5, 0.6) is 17.2 Å². The third-order valence-electron chi connectivity index (χ3n) is 6.38. The van der Waals surface area contributed by atoms with Crippen molar-refractivity contribution >= 4 is 22.7 Å². The van der Waals surface area contributed by atoms with Crippen LogP contribution in [-0.4, -0.2) is 47.2 Å². The van der Waals surface area contributed by atoms with E-state index >= 15 is 0 Å². The molecule has 2 aromatic heterocycles. The molecular weight excluding hydrogens is 490 g/mol. The molecule has 2 amide bonds.